The van der Waals surface area contributed by atoms with Crippen LogP contribution in [-0.4, -0.2) is 76.9 Å². The molecule has 9 nitrogen and oxygen atoms in total. The van der Waals surface area contributed by atoms with E-state index in [4.69, 9.17) is 9.84 Å². The molecule has 0 aromatic heterocycles. The molecule has 19 heavy (non-hydrogen) atoms. The Kier molecular flexibility index (Phi) is 2.99. The minimum Gasteiger partial charge on any atom is -0.394 e. The third-order valence-corrected chi connectivity index (χ3v) is 3.39. The van der Waals surface area contributed by atoms with E-state index in [0.717, 1.165) is 6.34 Å². The molecule has 1 saturated heterocycles. The summed E-state index contributed by atoms with van der Waals surface area (Å²) in [4.78, 5) is 23.5. The highest BCUT2D eigenvalue weighted by molar-refractivity contribution is 6.67. The molecule has 3 heterocycles. The zero-order valence-electron chi connectivity index (χ0n) is 9.80. The predicted octanol–water partition coefficient (Wildman–Crippen LogP) is -4.31. The van der Waals surface area contributed by atoms with Gasteiger partial charge in [-0.05, 0) is 0 Å². The van der Waals surface area contributed by atoms with Gasteiger partial charge in [-0.25, -0.2) is 9.89 Å². The van der Waals surface area contributed by atoms with Gasteiger partial charge in [0.1, 0.15) is 18.5 Å². The first kappa shape index (κ1) is 12.5. The van der Waals surface area contributed by atoms with Crippen molar-refractivity contribution in [2.24, 2.45) is 15.0 Å². The Labute approximate surface area is 107 Å². The van der Waals surface area contributed by atoms with E-state index in [2.05, 4.69) is 15.0 Å². The highest BCUT2D eigenvalue weighted by atomic mass is 16.6. The van der Waals surface area contributed by atoms with E-state index < -0.39 is 37.1 Å². The van der Waals surface area contributed by atoms with Crippen LogP contribution < -0.4 is 4.90 Å². The quantitative estimate of drug-likeness (QED) is 0.403. The van der Waals surface area contributed by atoms with Gasteiger partial charge in [0.15, 0.2) is 12.8 Å². The Morgan fingerprint density at radius 1 is 1.42 bits per heavy atom. The average molecular weight is 269 g/mol. The minimum absolute atomic E-state index is 0.148. The van der Waals surface area contributed by atoms with Gasteiger partial charge in [-0.2, -0.15) is 9.98 Å². The lowest BCUT2D eigenvalue weighted by atomic mass is 10.1. The third-order valence-electron chi connectivity index (χ3n) is 3.39. The van der Waals surface area contributed by atoms with E-state index in [1.165, 1.54) is 0 Å². The molecule has 1 amide bonds. The zero-order chi connectivity index (χ0) is 13.6. The fraction of sp³-hybridized carbons (Fsp3) is 0.600. The first-order valence-corrected chi connectivity index (χ1v) is 5.81. The number of quaternary nitrogens is 1. The molecule has 0 aromatic rings. The molecule has 0 aromatic carbocycles. The molecule has 3 aliphatic rings. The van der Waals surface area contributed by atoms with Crippen LogP contribution in [0.5, 0.6) is 0 Å². The molecule has 1 unspecified atom stereocenters. The molecule has 0 aliphatic carbocycles. The van der Waals surface area contributed by atoms with Crippen LogP contribution in [-0.2, 0) is 9.53 Å². The highest BCUT2D eigenvalue weighted by Gasteiger charge is 2.52. The van der Waals surface area contributed by atoms with Crippen molar-refractivity contribution in [3.05, 3.63) is 0 Å². The number of hydrogen-bond acceptors (Lipinski definition) is 7. The smallest absolute Gasteiger partial charge is 0.304 e. The summed E-state index contributed by atoms with van der Waals surface area (Å²) < 4.78 is 5.41. The summed E-state index contributed by atoms with van der Waals surface area (Å²) in [5.41, 5.74) is 0.148. The summed E-state index contributed by atoms with van der Waals surface area (Å²) in [7, 11) is 0. The van der Waals surface area contributed by atoms with Gasteiger partial charge >= 0.3 is 5.91 Å². The second-order valence-corrected chi connectivity index (χ2v) is 4.48. The van der Waals surface area contributed by atoms with Crippen LogP contribution in [0, 0.1) is 0 Å². The standard InChI is InChI=1S/C10H12N4O5/c15-1-4-6(16)7(17)10(19-4)14-3-13-5-8(14)11-2-12-9(5)18/h2,4,6-7,10,15-17H,1,3H2/p+1/t4-,6-,7-,10-/m1/s1. The van der Waals surface area contributed by atoms with E-state index in [1.54, 1.807) is 0 Å². The van der Waals surface area contributed by atoms with E-state index >= 15 is 0 Å². The maximum Gasteiger partial charge on any atom is 0.304 e. The number of fused-ring (bicyclic) bond motifs is 1. The van der Waals surface area contributed by atoms with Gasteiger partial charge in [0.05, 0.1) is 6.61 Å². The number of amides is 1. The van der Waals surface area contributed by atoms with E-state index in [-0.39, 0.29) is 12.4 Å². The van der Waals surface area contributed by atoms with Crippen LogP contribution in [0.1, 0.15) is 0 Å². The van der Waals surface area contributed by atoms with Crippen molar-refractivity contribution in [3.63, 3.8) is 0 Å². The van der Waals surface area contributed by atoms with Gasteiger partial charge < -0.3 is 20.1 Å². The minimum atomic E-state index is -1.18. The van der Waals surface area contributed by atoms with Gasteiger partial charge in [-0.15, -0.1) is 0 Å². The molecule has 3 aliphatic heterocycles. The summed E-state index contributed by atoms with van der Waals surface area (Å²) >= 11 is 0. The third kappa shape index (κ3) is 1.83. The first-order chi connectivity index (χ1) is 9.13. The Morgan fingerprint density at radius 2 is 2.21 bits per heavy atom. The monoisotopic (exact) mass is 269 g/mol. The number of aliphatic hydroxyl groups excluding tert-OH is 3. The van der Waals surface area contributed by atoms with Gasteiger partial charge in [-0.3, -0.25) is 4.79 Å². The maximum atomic E-state index is 11.5. The lowest BCUT2D eigenvalue weighted by Gasteiger charge is -2.21. The van der Waals surface area contributed by atoms with Crippen LogP contribution >= 0.6 is 0 Å². The van der Waals surface area contributed by atoms with Gasteiger partial charge in [-0.1, -0.05) is 0 Å². The summed E-state index contributed by atoms with van der Waals surface area (Å²) in [6.45, 7) is -0.238. The van der Waals surface area contributed by atoms with E-state index in [0.29, 0.717) is 10.7 Å². The number of aliphatic imine (C=N–C) groups is 3. The fourth-order valence-electron chi connectivity index (χ4n) is 2.39. The molecular formula is C10H13N4O5+. The second-order valence-electron chi connectivity index (χ2n) is 4.48. The van der Waals surface area contributed by atoms with Gasteiger partial charge in [0, 0.05) is 0 Å². The van der Waals surface area contributed by atoms with Crippen molar-refractivity contribution in [1.29, 1.82) is 0 Å². The topological polar surface area (TPSA) is 129 Å². The lowest BCUT2D eigenvalue weighted by molar-refractivity contribution is -0.858. The summed E-state index contributed by atoms with van der Waals surface area (Å²) in [5, 5.41) is 28.7. The molecule has 0 saturated carbocycles. The number of carbonyl (C=O) groups excluding carboxylic acids is 1. The van der Waals surface area contributed by atoms with Crippen molar-refractivity contribution in [1.82, 2.24) is 0 Å². The number of ether oxygens (including phenoxy) is 1. The van der Waals surface area contributed by atoms with Crippen LogP contribution in [0.15, 0.2) is 15.0 Å². The second kappa shape index (κ2) is 4.54. The van der Waals surface area contributed by atoms with Crippen molar-refractivity contribution in [3.8, 4) is 0 Å². The molecular weight excluding hydrogens is 256 g/mol. The van der Waals surface area contributed by atoms with Crippen LogP contribution in [0.3, 0.4) is 0 Å². The normalized spacial score (nSPS) is 41.2. The maximum absolute atomic E-state index is 11.5. The predicted molar refractivity (Wildman–Crippen MR) is 62.0 cm³/mol. The zero-order valence-corrected chi connectivity index (χ0v) is 9.80. The summed E-state index contributed by atoms with van der Waals surface area (Å²) in [6, 6.07) is 0. The molecule has 1 fully saturated rings. The van der Waals surface area contributed by atoms with Gasteiger partial charge in [0.2, 0.25) is 11.9 Å². The molecule has 102 valence electrons. The number of amidine groups is 1. The molecule has 0 bridgehead atoms. The van der Waals surface area contributed by atoms with Crippen LogP contribution in [0.25, 0.3) is 0 Å². The Morgan fingerprint density at radius 3 is 2.89 bits per heavy atom. The number of nitrogens with one attached hydrogen (secondary N) is 1. The molecule has 4 N–H and O–H groups in total. The number of carbonyl (C=O) groups is 1. The van der Waals surface area contributed by atoms with Crippen LogP contribution in [0.4, 0.5) is 0 Å². The van der Waals surface area contributed by atoms with Gasteiger partial charge in [0.25, 0.3) is 5.84 Å². The summed E-state index contributed by atoms with van der Waals surface area (Å²) in [5.74, 6) is -0.137. The lowest BCUT2D eigenvalue weighted by Crippen LogP contribution is -3.18. The number of nitrogens with zero attached hydrogens (tertiary/aromatic N) is 3. The average Bonchev–Trinajstić information content (AvgIpc) is 2.94. The number of rotatable bonds is 2. The highest BCUT2D eigenvalue weighted by Crippen LogP contribution is 2.18. The molecule has 9 heteroatoms. The Balaban J connectivity index is 1.84. The summed E-state index contributed by atoms with van der Waals surface area (Å²) in [6.07, 6.45) is -2.92. The fourth-order valence-corrected chi connectivity index (χ4v) is 2.39. The van der Waals surface area contributed by atoms with E-state index in [1.807, 2.05) is 0 Å². The first-order valence-electron chi connectivity index (χ1n) is 5.81. The van der Waals surface area contributed by atoms with Crippen molar-refractivity contribution < 1.29 is 29.8 Å². The molecule has 5 atom stereocenters. The van der Waals surface area contributed by atoms with Crippen LogP contribution in [0.2, 0.25) is 0 Å². The molecule has 0 radical (unpaired) electrons. The van der Waals surface area contributed by atoms with Crippen molar-refractivity contribution in [2.45, 2.75) is 24.5 Å². The Hall–Kier alpha value is -1.52. The van der Waals surface area contributed by atoms with Crippen molar-refractivity contribution >= 4 is 23.8 Å². The largest absolute Gasteiger partial charge is 0.394 e. The number of aliphatic hydroxyl groups is 3. The molecule has 0 spiro atoms. The van der Waals surface area contributed by atoms with Crippen molar-refractivity contribution in [2.75, 3.05) is 13.3 Å². The van der Waals surface area contributed by atoms with E-state index in [9.17, 15) is 15.0 Å². The Bertz CT molecular complexity index is 502. The SMILES string of the molecule is O=C1N=CN=C2C1=NC[NH+]2[C@@H]1O[C@H](CO)[C@@H](O)[C@H]1O. The molecule has 3 rings (SSSR count). The number of hydrogen-bond donors (Lipinski definition) is 4.